The van der Waals surface area contributed by atoms with E-state index in [4.69, 9.17) is 15.2 Å². The van der Waals surface area contributed by atoms with Crippen molar-refractivity contribution in [3.8, 4) is 0 Å². The number of nitrogens with two attached hydrogens (primary N) is 1. The number of ether oxygens (including phenoxy) is 2. The highest BCUT2D eigenvalue weighted by Gasteiger charge is 2.45. The summed E-state index contributed by atoms with van der Waals surface area (Å²) in [5, 5.41) is 0.662. The van der Waals surface area contributed by atoms with Crippen LogP contribution in [-0.4, -0.2) is 47.6 Å². The summed E-state index contributed by atoms with van der Waals surface area (Å²) in [6.45, 7) is 11.4. The Morgan fingerprint density at radius 1 is 1.20 bits per heavy atom. The monoisotopic (exact) mass is 521 g/mol. The molecule has 2 N–H and O–H groups in total. The second-order valence-corrected chi connectivity index (χ2v) is 10.0. The Labute approximate surface area is 217 Å². The molecular weight excluding hydrogens is 486 g/mol. The summed E-state index contributed by atoms with van der Waals surface area (Å²) in [7, 11) is 0. The normalized spacial score (nSPS) is 14.4. The number of hydrogen-bond acceptors (Lipinski definition) is 6. The van der Waals surface area contributed by atoms with Crippen LogP contribution in [0.3, 0.4) is 0 Å². The Bertz CT molecular complexity index is 1070. The van der Waals surface area contributed by atoms with Gasteiger partial charge < -0.3 is 20.1 Å². The molecule has 3 amide bonds. The Morgan fingerprint density at radius 2 is 1.83 bits per heavy atom. The van der Waals surface area contributed by atoms with E-state index in [1.165, 1.54) is 16.2 Å². The van der Waals surface area contributed by atoms with Crippen molar-refractivity contribution in [2.45, 2.75) is 65.8 Å². The van der Waals surface area contributed by atoms with Gasteiger partial charge in [-0.15, -0.1) is 11.3 Å². The lowest BCUT2D eigenvalue weighted by Gasteiger charge is -2.43. The number of benzene rings is 1. The lowest BCUT2D eigenvalue weighted by Crippen LogP contribution is -2.61. The Balaban J connectivity index is 0.00000432. The molecule has 0 spiro atoms. The molecule has 1 aliphatic rings. The molecule has 10 heteroatoms. The van der Waals surface area contributed by atoms with Crippen molar-refractivity contribution in [3.05, 3.63) is 51.9 Å². The van der Waals surface area contributed by atoms with Gasteiger partial charge in [0, 0.05) is 5.56 Å². The number of carbonyl (C=O) groups is 3. The molecule has 1 aliphatic heterocycles. The molecular formula is C25H35N3O5S2. The van der Waals surface area contributed by atoms with E-state index in [0.29, 0.717) is 9.88 Å². The van der Waals surface area contributed by atoms with Gasteiger partial charge in [0.2, 0.25) is 5.91 Å². The molecule has 0 aliphatic carbocycles. The molecule has 3 rings (SSSR count). The van der Waals surface area contributed by atoms with Crippen molar-refractivity contribution >= 4 is 47.7 Å². The first kappa shape index (κ1) is 28.7. The third-order valence-corrected chi connectivity index (χ3v) is 7.31. The Morgan fingerprint density at radius 3 is 2.37 bits per heavy atom. The molecule has 0 bridgehead atoms. The number of primary amides is 1. The van der Waals surface area contributed by atoms with Crippen molar-refractivity contribution < 1.29 is 23.9 Å². The number of amides is 3. The van der Waals surface area contributed by atoms with Crippen LogP contribution < -0.4 is 10.6 Å². The maximum Gasteiger partial charge on any atom is 0.348 e. The van der Waals surface area contributed by atoms with E-state index >= 15 is 0 Å². The largest absolute Gasteiger partial charge is 0.462 e. The smallest absolute Gasteiger partial charge is 0.348 e. The van der Waals surface area contributed by atoms with Gasteiger partial charge in [0.1, 0.15) is 21.5 Å². The predicted octanol–water partition coefficient (Wildman–Crippen LogP) is 4.52. The number of fused-ring (bicyclic) bond motifs is 1. The SMILES string of the molecule is CCOC(=O)c1sc2c(c1C)CN(C(C)(C)C(N)=O)C(=O)N2C[C@@H](OC(C)C)c1ccccc1.S. The van der Waals surface area contributed by atoms with E-state index in [9.17, 15) is 14.4 Å². The van der Waals surface area contributed by atoms with Crippen LogP contribution in [0.1, 0.15) is 67.1 Å². The van der Waals surface area contributed by atoms with Crippen LogP contribution in [0.4, 0.5) is 9.80 Å². The molecule has 1 atom stereocenters. The number of rotatable bonds is 9. The standard InChI is InChI=1S/C25H33N3O5S.H2S/c1-7-32-22(29)20-16(4)18-13-28(25(5,6)23(26)30)24(31)27(21(18)34-20)14-19(33-15(2)3)17-11-9-8-10-12-17;/h8-12,15,19H,7,13-14H2,1-6H3,(H2,26,30);1H2/t19-;/m1./s1. The average molecular weight is 522 g/mol. The van der Waals surface area contributed by atoms with Gasteiger partial charge in [-0.1, -0.05) is 30.3 Å². The minimum atomic E-state index is -1.23. The van der Waals surface area contributed by atoms with Gasteiger partial charge in [0.25, 0.3) is 0 Å². The van der Waals surface area contributed by atoms with Gasteiger partial charge in [0.15, 0.2) is 0 Å². The predicted molar refractivity (Wildman–Crippen MR) is 142 cm³/mol. The van der Waals surface area contributed by atoms with Crippen molar-refractivity contribution in [2.75, 3.05) is 18.1 Å². The first-order valence-electron chi connectivity index (χ1n) is 11.4. The van der Waals surface area contributed by atoms with Crippen LogP contribution in [0.15, 0.2) is 30.3 Å². The van der Waals surface area contributed by atoms with Gasteiger partial charge >= 0.3 is 12.0 Å². The molecule has 0 saturated carbocycles. The Kier molecular flexibility index (Phi) is 9.38. The summed E-state index contributed by atoms with van der Waals surface area (Å²) in [6.07, 6.45) is -0.494. The highest BCUT2D eigenvalue weighted by atomic mass is 32.1. The average Bonchev–Trinajstić information content (AvgIpc) is 3.11. The topological polar surface area (TPSA) is 102 Å². The fourth-order valence-electron chi connectivity index (χ4n) is 3.91. The lowest BCUT2D eigenvalue weighted by atomic mass is 9.98. The van der Waals surface area contributed by atoms with Crippen LogP contribution in [0.2, 0.25) is 0 Å². The summed E-state index contributed by atoms with van der Waals surface area (Å²) in [6, 6.07) is 9.32. The van der Waals surface area contributed by atoms with Gasteiger partial charge in [-0.2, -0.15) is 13.5 Å². The van der Waals surface area contributed by atoms with Crippen molar-refractivity contribution in [1.29, 1.82) is 0 Å². The Hall–Kier alpha value is -2.56. The van der Waals surface area contributed by atoms with Crippen molar-refractivity contribution in [2.24, 2.45) is 5.73 Å². The molecule has 0 saturated heterocycles. The maximum absolute atomic E-state index is 13.8. The van der Waals surface area contributed by atoms with E-state index in [1.807, 2.05) is 51.1 Å². The third-order valence-electron chi connectivity index (χ3n) is 5.97. The minimum Gasteiger partial charge on any atom is -0.462 e. The summed E-state index contributed by atoms with van der Waals surface area (Å²) in [5.74, 6) is -1.04. The molecule has 8 nitrogen and oxygen atoms in total. The van der Waals surface area contributed by atoms with Crippen LogP contribution in [0.25, 0.3) is 0 Å². The molecule has 0 unspecified atom stereocenters. The number of anilines is 1. The second-order valence-electron chi connectivity index (χ2n) is 9.05. The first-order valence-corrected chi connectivity index (χ1v) is 12.2. The van der Waals surface area contributed by atoms with Gasteiger partial charge in [-0.05, 0) is 52.7 Å². The quantitative estimate of drug-likeness (QED) is 0.489. The van der Waals surface area contributed by atoms with Crippen LogP contribution in [-0.2, 0) is 20.8 Å². The summed E-state index contributed by atoms with van der Waals surface area (Å²) in [4.78, 5) is 42.2. The number of urea groups is 1. The molecule has 2 aromatic rings. The molecule has 0 fully saturated rings. The fourth-order valence-corrected chi connectivity index (χ4v) is 5.12. The summed E-state index contributed by atoms with van der Waals surface area (Å²) >= 11 is 1.23. The van der Waals surface area contributed by atoms with Crippen LogP contribution >= 0.6 is 24.8 Å². The lowest BCUT2D eigenvalue weighted by molar-refractivity contribution is -0.127. The number of thiophene rings is 1. The van der Waals surface area contributed by atoms with Gasteiger partial charge in [-0.25, -0.2) is 9.59 Å². The maximum atomic E-state index is 13.8. The van der Waals surface area contributed by atoms with E-state index < -0.39 is 23.5 Å². The molecule has 1 aromatic carbocycles. The molecule has 192 valence electrons. The minimum absolute atomic E-state index is 0. The fraction of sp³-hybridized carbons (Fsp3) is 0.480. The van der Waals surface area contributed by atoms with E-state index in [1.54, 1.807) is 25.7 Å². The number of nitrogens with zero attached hydrogens (tertiary/aromatic N) is 2. The van der Waals surface area contributed by atoms with Crippen LogP contribution in [0.5, 0.6) is 0 Å². The zero-order chi connectivity index (χ0) is 25.2. The van der Waals surface area contributed by atoms with E-state index in [2.05, 4.69) is 0 Å². The molecule has 1 aromatic heterocycles. The second kappa shape index (κ2) is 11.5. The van der Waals surface area contributed by atoms with Crippen LogP contribution in [0, 0.1) is 6.92 Å². The van der Waals surface area contributed by atoms with E-state index in [0.717, 1.165) is 16.7 Å². The molecule has 2 heterocycles. The molecule has 35 heavy (non-hydrogen) atoms. The highest BCUT2D eigenvalue weighted by molar-refractivity contribution is 7.59. The van der Waals surface area contributed by atoms with Crippen molar-refractivity contribution in [3.63, 3.8) is 0 Å². The van der Waals surface area contributed by atoms with Gasteiger partial charge in [-0.3, -0.25) is 9.69 Å². The molecule has 0 radical (unpaired) electrons. The zero-order valence-corrected chi connectivity index (χ0v) is 22.9. The number of hydrogen-bond donors (Lipinski definition) is 1. The highest BCUT2D eigenvalue weighted by Crippen LogP contribution is 2.43. The third kappa shape index (κ3) is 5.82. The number of carbonyl (C=O) groups excluding carboxylic acids is 3. The first-order chi connectivity index (χ1) is 16.0. The number of esters is 1. The van der Waals surface area contributed by atoms with Crippen molar-refractivity contribution in [1.82, 2.24) is 4.90 Å². The zero-order valence-electron chi connectivity index (χ0n) is 21.1. The van der Waals surface area contributed by atoms with Gasteiger partial charge in [0.05, 0.1) is 25.8 Å². The summed E-state index contributed by atoms with van der Waals surface area (Å²) < 4.78 is 11.4. The van der Waals surface area contributed by atoms with E-state index in [-0.39, 0.29) is 45.3 Å². The summed E-state index contributed by atoms with van der Waals surface area (Å²) in [5.41, 5.74) is 6.91.